The summed E-state index contributed by atoms with van der Waals surface area (Å²) < 4.78 is 10.9. The number of halogens is 1. The van der Waals surface area contributed by atoms with Crippen LogP contribution in [0.25, 0.3) is 6.08 Å². The highest BCUT2D eigenvalue weighted by molar-refractivity contribution is 6.32. The Morgan fingerprint density at radius 3 is 2.67 bits per heavy atom. The van der Waals surface area contributed by atoms with Crippen molar-refractivity contribution in [2.24, 2.45) is 5.92 Å². The topological polar surface area (TPSA) is 30.5 Å². The van der Waals surface area contributed by atoms with Crippen LogP contribution in [0.1, 0.15) is 33.3 Å². The van der Waals surface area contributed by atoms with E-state index in [0.717, 1.165) is 18.7 Å². The molecule has 0 spiro atoms. The summed E-state index contributed by atoms with van der Waals surface area (Å²) in [6.45, 7) is 10.9. The first-order valence-electron chi connectivity index (χ1n) is 7.36. The van der Waals surface area contributed by atoms with Crippen molar-refractivity contribution in [3.8, 4) is 11.5 Å². The molecule has 0 amide bonds. The highest BCUT2D eigenvalue weighted by atomic mass is 35.5. The lowest BCUT2D eigenvalue weighted by atomic mass is 10.1. The van der Waals surface area contributed by atoms with Crippen LogP contribution >= 0.6 is 11.6 Å². The fraction of sp³-hybridized carbons (Fsp3) is 0.529. The summed E-state index contributed by atoms with van der Waals surface area (Å²) in [7, 11) is 1.62. The Labute approximate surface area is 133 Å². The zero-order valence-corrected chi connectivity index (χ0v) is 14.4. The van der Waals surface area contributed by atoms with Crippen LogP contribution in [-0.2, 0) is 0 Å². The van der Waals surface area contributed by atoms with E-state index in [9.17, 15) is 0 Å². The lowest BCUT2D eigenvalue weighted by Gasteiger charge is -2.12. The molecule has 1 aromatic rings. The third-order valence-corrected chi connectivity index (χ3v) is 3.19. The van der Waals surface area contributed by atoms with Crippen LogP contribution in [0.15, 0.2) is 17.7 Å². The summed E-state index contributed by atoms with van der Waals surface area (Å²) in [5.74, 6) is 1.92. The molecule has 3 nitrogen and oxygen atoms in total. The Hall–Kier alpha value is -1.19. The average Bonchev–Trinajstić information content (AvgIpc) is 2.41. The molecule has 0 unspecified atom stereocenters. The van der Waals surface area contributed by atoms with Crippen molar-refractivity contribution in [1.29, 1.82) is 0 Å². The first kappa shape index (κ1) is 17.9. The number of ether oxygens (including phenoxy) is 2. The molecule has 0 saturated heterocycles. The van der Waals surface area contributed by atoms with Gasteiger partial charge in [0.25, 0.3) is 0 Å². The van der Waals surface area contributed by atoms with E-state index >= 15 is 0 Å². The van der Waals surface area contributed by atoms with Gasteiger partial charge in [0.05, 0.1) is 18.7 Å². The van der Waals surface area contributed by atoms with Crippen molar-refractivity contribution in [2.45, 2.75) is 27.7 Å². The first-order chi connectivity index (χ1) is 9.97. The summed E-state index contributed by atoms with van der Waals surface area (Å²) in [6.07, 6.45) is 2.11. The van der Waals surface area contributed by atoms with Gasteiger partial charge in [0.1, 0.15) is 0 Å². The van der Waals surface area contributed by atoms with Gasteiger partial charge in [-0.25, -0.2) is 0 Å². The number of nitrogens with one attached hydrogen (secondary N) is 1. The second-order valence-electron chi connectivity index (χ2n) is 5.48. The van der Waals surface area contributed by atoms with Gasteiger partial charge < -0.3 is 14.8 Å². The highest BCUT2D eigenvalue weighted by Crippen LogP contribution is 2.36. The van der Waals surface area contributed by atoms with Crippen molar-refractivity contribution in [2.75, 3.05) is 26.8 Å². The zero-order chi connectivity index (χ0) is 15.8. The maximum Gasteiger partial charge on any atom is 0.179 e. The summed E-state index contributed by atoms with van der Waals surface area (Å²) in [5.41, 5.74) is 2.27. The second-order valence-corrected chi connectivity index (χ2v) is 5.89. The quantitative estimate of drug-likeness (QED) is 0.772. The summed E-state index contributed by atoms with van der Waals surface area (Å²) in [4.78, 5) is 0. The van der Waals surface area contributed by atoms with Gasteiger partial charge in [0.15, 0.2) is 11.5 Å². The lowest BCUT2D eigenvalue weighted by molar-refractivity contribution is 0.311. The number of methoxy groups -OCH3 is 1. The monoisotopic (exact) mass is 311 g/mol. The number of rotatable bonds is 8. The van der Waals surface area contributed by atoms with Crippen LogP contribution in [0, 0.1) is 5.92 Å². The molecule has 0 heterocycles. The SMILES string of the molecule is CCOc1c(Cl)cc(C=C(C)CNCC(C)C)cc1OC. The molecule has 0 atom stereocenters. The minimum atomic E-state index is 0.559. The smallest absolute Gasteiger partial charge is 0.179 e. The Balaban J connectivity index is 2.85. The van der Waals surface area contributed by atoms with Crippen LogP contribution in [0.4, 0.5) is 0 Å². The van der Waals surface area contributed by atoms with Gasteiger partial charge in [-0.1, -0.05) is 37.1 Å². The number of benzene rings is 1. The Bertz CT molecular complexity index is 484. The molecule has 0 aliphatic heterocycles. The maximum atomic E-state index is 6.27. The molecule has 4 heteroatoms. The molecule has 0 aliphatic carbocycles. The third-order valence-electron chi connectivity index (χ3n) is 2.91. The normalized spacial score (nSPS) is 11.9. The lowest BCUT2D eigenvalue weighted by Crippen LogP contribution is -2.21. The van der Waals surface area contributed by atoms with Crippen LogP contribution < -0.4 is 14.8 Å². The van der Waals surface area contributed by atoms with Gasteiger partial charge in [-0.05, 0) is 44.0 Å². The van der Waals surface area contributed by atoms with E-state index in [1.165, 1.54) is 5.57 Å². The zero-order valence-electron chi connectivity index (χ0n) is 13.6. The fourth-order valence-electron chi connectivity index (χ4n) is 2.00. The van der Waals surface area contributed by atoms with Gasteiger partial charge in [-0.15, -0.1) is 0 Å². The summed E-state index contributed by atoms with van der Waals surface area (Å²) in [5, 5.41) is 4.00. The third kappa shape index (κ3) is 5.98. The largest absolute Gasteiger partial charge is 0.493 e. The van der Waals surface area contributed by atoms with E-state index in [2.05, 4.69) is 32.2 Å². The maximum absolute atomic E-state index is 6.27. The summed E-state index contributed by atoms with van der Waals surface area (Å²) >= 11 is 6.27. The van der Waals surface area contributed by atoms with Crippen LogP contribution in [0.5, 0.6) is 11.5 Å². The van der Waals surface area contributed by atoms with Crippen LogP contribution in [0.3, 0.4) is 0 Å². The van der Waals surface area contributed by atoms with Crippen molar-refractivity contribution >= 4 is 17.7 Å². The van der Waals surface area contributed by atoms with E-state index in [4.69, 9.17) is 21.1 Å². The van der Waals surface area contributed by atoms with Crippen LogP contribution in [-0.4, -0.2) is 26.8 Å². The van der Waals surface area contributed by atoms with Crippen molar-refractivity contribution in [3.63, 3.8) is 0 Å². The number of hydrogen-bond donors (Lipinski definition) is 1. The molecule has 0 saturated carbocycles. The fourth-order valence-corrected chi connectivity index (χ4v) is 2.27. The molecule has 0 fully saturated rings. The molecule has 1 aromatic carbocycles. The Morgan fingerprint density at radius 1 is 1.38 bits per heavy atom. The molecule has 0 aliphatic rings. The van der Waals surface area contributed by atoms with Crippen molar-refractivity contribution in [3.05, 3.63) is 28.3 Å². The molecule has 0 bridgehead atoms. The molecule has 1 rings (SSSR count). The minimum Gasteiger partial charge on any atom is -0.493 e. The molecular weight excluding hydrogens is 286 g/mol. The van der Waals surface area contributed by atoms with Gasteiger partial charge in [0, 0.05) is 6.54 Å². The minimum absolute atomic E-state index is 0.559. The second kappa shape index (κ2) is 8.96. The highest BCUT2D eigenvalue weighted by Gasteiger charge is 2.10. The van der Waals surface area contributed by atoms with Gasteiger partial charge in [-0.2, -0.15) is 0 Å². The van der Waals surface area contributed by atoms with E-state index < -0.39 is 0 Å². The predicted molar refractivity (Wildman–Crippen MR) is 90.5 cm³/mol. The standard InChI is InChI=1S/C17H26ClNO2/c1-6-21-17-15(18)8-14(9-16(17)20-5)7-13(4)11-19-10-12(2)3/h7-9,12,19H,6,10-11H2,1-5H3. The van der Waals surface area contributed by atoms with E-state index in [-0.39, 0.29) is 0 Å². The molecule has 118 valence electrons. The van der Waals surface area contributed by atoms with Crippen LogP contribution in [0.2, 0.25) is 5.02 Å². The van der Waals surface area contributed by atoms with E-state index in [0.29, 0.717) is 29.0 Å². The Kier molecular flexibility index (Phi) is 7.62. The summed E-state index contributed by atoms with van der Waals surface area (Å²) in [6, 6.07) is 3.85. The average molecular weight is 312 g/mol. The van der Waals surface area contributed by atoms with Gasteiger partial charge >= 0.3 is 0 Å². The van der Waals surface area contributed by atoms with Gasteiger partial charge in [0.2, 0.25) is 0 Å². The number of hydrogen-bond acceptors (Lipinski definition) is 3. The molecule has 0 radical (unpaired) electrons. The molecular formula is C17H26ClNO2. The predicted octanol–water partition coefficient (Wildman–Crippen LogP) is 4.40. The molecule has 0 aromatic heterocycles. The van der Waals surface area contributed by atoms with Gasteiger partial charge in [-0.3, -0.25) is 0 Å². The van der Waals surface area contributed by atoms with Crippen molar-refractivity contribution < 1.29 is 9.47 Å². The van der Waals surface area contributed by atoms with Crippen molar-refractivity contribution in [1.82, 2.24) is 5.32 Å². The van der Waals surface area contributed by atoms with E-state index in [1.54, 1.807) is 7.11 Å². The Morgan fingerprint density at radius 2 is 2.10 bits per heavy atom. The molecule has 1 N–H and O–H groups in total. The molecule has 21 heavy (non-hydrogen) atoms. The first-order valence-corrected chi connectivity index (χ1v) is 7.73. The van der Waals surface area contributed by atoms with E-state index in [1.807, 2.05) is 19.1 Å².